The monoisotopic (exact) mass is 485 g/mol. The fraction of sp³-hybridized carbons (Fsp3) is 0.407. The molecule has 1 aromatic carbocycles. The van der Waals surface area contributed by atoms with E-state index in [0.717, 1.165) is 52.8 Å². The van der Waals surface area contributed by atoms with E-state index in [9.17, 15) is 4.79 Å². The van der Waals surface area contributed by atoms with Gasteiger partial charge >= 0.3 is 6.03 Å². The molecule has 2 amide bonds. The van der Waals surface area contributed by atoms with Gasteiger partial charge in [-0.05, 0) is 56.4 Å². The van der Waals surface area contributed by atoms with Crippen molar-refractivity contribution in [2.45, 2.75) is 51.4 Å². The maximum Gasteiger partial charge on any atom is 0.318 e. The molecule has 0 spiro atoms. The normalized spacial score (nSPS) is 17.9. The number of likely N-dealkylation sites (tertiary alicyclic amines) is 1. The first kappa shape index (κ1) is 22.7. The number of nitrogens with one attached hydrogen (secondary N) is 2. The summed E-state index contributed by atoms with van der Waals surface area (Å²) in [5.74, 6) is 0. The van der Waals surface area contributed by atoms with Gasteiger partial charge in [0, 0.05) is 29.8 Å². The second-order valence-electron chi connectivity index (χ2n) is 10.1. The average molecular weight is 486 g/mol. The van der Waals surface area contributed by atoms with E-state index in [2.05, 4.69) is 49.6 Å². The number of fused-ring (bicyclic) bond motifs is 2. The molecule has 1 saturated heterocycles. The molecule has 6 rings (SSSR count). The summed E-state index contributed by atoms with van der Waals surface area (Å²) in [6.45, 7) is 5.37. The topological polar surface area (TPSA) is 101 Å². The Kier molecular flexibility index (Phi) is 5.72. The van der Waals surface area contributed by atoms with E-state index in [4.69, 9.17) is 4.74 Å². The van der Waals surface area contributed by atoms with E-state index < -0.39 is 0 Å². The molecule has 1 atom stereocenters. The van der Waals surface area contributed by atoms with E-state index in [1.54, 1.807) is 11.0 Å². The zero-order valence-corrected chi connectivity index (χ0v) is 20.9. The van der Waals surface area contributed by atoms with E-state index in [1.165, 1.54) is 11.1 Å². The number of aromatic nitrogens is 5. The van der Waals surface area contributed by atoms with Gasteiger partial charge in [-0.15, -0.1) is 0 Å². The van der Waals surface area contributed by atoms with Crippen molar-refractivity contribution in [1.82, 2.24) is 34.9 Å². The molecule has 36 heavy (non-hydrogen) atoms. The predicted molar refractivity (Wildman–Crippen MR) is 137 cm³/mol. The van der Waals surface area contributed by atoms with Crippen LogP contribution in [0.3, 0.4) is 0 Å². The zero-order chi connectivity index (χ0) is 24.8. The Bertz CT molecular complexity index is 1420. The largest absolute Gasteiger partial charge is 0.372 e. The quantitative estimate of drug-likeness (QED) is 0.441. The average Bonchev–Trinajstić information content (AvgIpc) is 3.46. The Hall–Kier alpha value is -3.72. The lowest BCUT2D eigenvalue weighted by molar-refractivity contribution is -0.0644. The molecule has 3 aromatic heterocycles. The Labute approximate surface area is 209 Å². The van der Waals surface area contributed by atoms with Crippen LogP contribution in [-0.2, 0) is 18.2 Å². The van der Waals surface area contributed by atoms with Gasteiger partial charge in [0.25, 0.3) is 0 Å². The first-order valence-corrected chi connectivity index (χ1v) is 12.6. The molecule has 0 bridgehead atoms. The van der Waals surface area contributed by atoms with Crippen molar-refractivity contribution in [1.29, 1.82) is 0 Å². The molecule has 2 N–H and O–H groups in total. The van der Waals surface area contributed by atoms with Crippen molar-refractivity contribution < 1.29 is 9.53 Å². The molecule has 186 valence electrons. The Morgan fingerprint density at radius 3 is 2.83 bits per heavy atom. The van der Waals surface area contributed by atoms with Crippen molar-refractivity contribution >= 4 is 17.1 Å². The highest BCUT2D eigenvalue weighted by atomic mass is 16.5. The number of aromatic amines is 1. The van der Waals surface area contributed by atoms with Gasteiger partial charge in [-0.1, -0.05) is 12.1 Å². The summed E-state index contributed by atoms with van der Waals surface area (Å²) in [6.07, 6.45) is 8.72. The number of hydrogen-bond donors (Lipinski definition) is 2. The highest BCUT2D eigenvalue weighted by Crippen LogP contribution is 2.35. The van der Waals surface area contributed by atoms with Crippen LogP contribution in [0.2, 0.25) is 0 Å². The van der Waals surface area contributed by atoms with Gasteiger partial charge in [-0.3, -0.25) is 4.68 Å². The molecule has 1 fully saturated rings. The maximum atomic E-state index is 12.8. The summed E-state index contributed by atoms with van der Waals surface area (Å²) < 4.78 is 7.57. The van der Waals surface area contributed by atoms with Crippen molar-refractivity contribution in [3.8, 4) is 22.5 Å². The lowest BCUT2D eigenvalue weighted by atomic mass is 9.86. The number of urea groups is 1. The van der Waals surface area contributed by atoms with E-state index in [0.29, 0.717) is 13.1 Å². The lowest BCUT2D eigenvalue weighted by Crippen LogP contribution is -2.58. The van der Waals surface area contributed by atoms with Crippen molar-refractivity contribution in [3.05, 3.63) is 54.1 Å². The van der Waals surface area contributed by atoms with E-state index >= 15 is 0 Å². The van der Waals surface area contributed by atoms with Crippen LogP contribution in [0.1, 0.15) is 43.9 Å². The minimum Gasteiger partial charge on any atom is -0.372 e. The first-order chi connectivity index (χ1) is 17.4. The third kappa shape index (κ3) is 4.24. The number of amides is 2. The van der Waals surface area contributed by atoms with E-state index in [1.807, 2.05) is 38.2 Å². The van der Waals surface area contributed by atoms with Gasteiger partial charge in [-0.2, -0.15) is 5.10 Å². The molecule has 9 heteroatoms. The number of aryl methyl sites for hydroxylation is 2. The molecule has 4 aromatic rings. The van der Waals surface area contributed by atoms with E-state index in [-0.39, 0.29) is 24.3 Å². The van der Waals surface area contributed by atoms with Crippen LogP contribution in [0.25, 0.3) is 33.5 Å². The highest BCUT2D eigenvalue weighted by molar-refractivity contribution is 5.94. The molecule has 4 heterocycles. The van der Waals surface area contributed by atoms with Crippen molar-refractivity contribution in [2.24, 2.45) is 7.05 Å². The summed E-state index contributed by atoms with van der Waals surface area (Å²) in [7, 11) is 1.90. The molecule has 9 nitrogen and oxygen atoms in total. The summed E-state index contributed by atoms with van der Waals surface area (Å²) in [5, 5.41) is 8.51. The van der Waals surface area contributed by atoms with Gasteiger partial charge in [0.2, 0.25) is 0 Å². The van der Waals surface area contributed by atoms with Gasteiger partial charge in [0.15, 0.2) is 0 Å². The fourth-order valence-corrected chi connectivity index (χ4v) is 5.31. The number of carbonyl (C=O) groups is 1. The van der Waals surface area contributed by atoms with Gasteiger partial charge in [0.1, 0.15) is 12.0 Å². The van der Waals surface area contributed by atoms with Crippen LogP contribution in [0.15, 0.2) is 43.0 Å². The minimum atomic E-state index is -0.00621. The Morgan fingerprint density at radius 2 is 2.06 bits per heavy atom. The molecule has 0 radical (unpaired) electrons. The number of benzene rings is 1. The standard InChI is InChI=1S/C27H31N7O2/c1-16(2)36-20-13-34(14-20)27(35)32-23-6-4-5-17-9-18(7-8-21(17)23)25-22-10-24(19-11-30-33(3)12-19)31-26(22)29-15-28-25/h7-12,15-16,20,23H,4-6,13-14H2,1-3H3,(H,32,35)(H,28,29,31). The zero-order valence-electron chi connectivity index (χ0n) is 20.9. The molecule has 1 aliphatic carbocycles. The third-order valence-electron chi connectivity index (χ3n) is 7.07. The van der Waals surface area contributed by atoms with Crippen LogP contribution in [0.4, 0.5) is 4.79 Å². The molecule has 0 saturated carbocycles. The van der Waals surface area contributed by atoms with Crippen LogP contribution < -0.4 is 5.32 Å². The number of H-pyrrole nitrogens is 1. The second kappa shape index (κ2) is 9.05. The number of carbonyl (C=O) groups excluding carboxylic acids is 1. The van der Waals surface area contributed by atoms with Gasteiger partial charge < -0.3 is 19.9 Å². The number of hydrogen-bond acceptors (Lipinski definition) is 5. The van der Waals surface area contributed by atoms with Gasteiger partial charge in [-0.25, -0.2) is 14.8 Å². The Balaban J connectivity index is 1.23. The summed E-state index contributed by atoms with van der Waals surface area (Å²) in [6, 6.07) is 8.59. The van der Waals surface area contributed by atoms with Crippen LogP contribution in [-0.4, -0.2) is 61.0 Å². The molecular weight excluding hydrogens is 454 g/mol. The summed E-state index contributed by atoms with van der Waals surface area (Å²) >= 11 is 0. The van der Waals surface area contributed by atoms with Crippen molar-refractivity contribution in [3.63, 3.8) is 0 Å². The van der Waals surface area contributed by atoms with Crippen molar-refractivity contribution in [2.75, 3.05) is 13.1 Å². The molecule has 1 unspecified atom stereocenters. The predicted octanol–water partition coefficient (Wildman–Crippen LogP) is 4.22. The number of ether oxygens (including phenoxy) is 1. The number of nitrogens with zero attached hydrogens (tertiary/aromatic N) is 5. The molecule has 1 aliphatic heterocycles. The van der Waals surface area contributed by atoms with Crippen LogP contribution in [0, 0.1) is 0 Å². The first-order valence-electron chi connectivity index (χ1n) is 12.6. The van der Waals surface area contributed by atoms with Gasteiger partial charge in [0.05, 0.1) is 48.9 Å². The summed E-state index contributed by atoms with van der Waals surface area (Å²) in [4.78, 5) is 27.1. The smallest absolute Gasteiger partial charge is 0.318 e. The molecular formula is C27H31N7O2. The minimum absolute atomic E-state index is 0.00621. The third-order valence-corrected chi connectivity index (χ3v) is 7.07. The Morgan fingerprint density at radius 1 is 1.19 bits per heavy atom. The SMILES string of the molecule is CC(C)OC1CN(C(=O)NC2CCCc3cc(-c4ncnc5[nH]c(-c6cnn(C)c6)cc45)ccc32)C1. The summed E-state index contributed by atoms with van der Waals surface area (Å²) in [5.41, 5.74) is 7.20. The molecule has 2 aliphatic rings. The lowest BCUT2D eigenvalue weighted by Gasteiger charge is -2.40. The highest BCUT2D eigenvalue weighted by Gasteiger charge is 2.33. The number of rotatable bonds is 5. The van der Waals surface area contributed by atoms with Crippen LogP contribution in [0.5, 0.6) is 0 Å². The fourth-order valence-electron chi connectivity index (χ4n) is 5.31. The maximum absolute atomic E-state index is 12.8. The second-order valence-corrected chi connectivity index (χ2v) is 10.1. The van der Waals surface area contributed by atoms with Crippen LogP contribution >= 0.6 is 0 Å².